The number of hydrogen-bond acceptors (Lipinski definition) is 5. The standard InChI is InChI=1S/C19H31N3O4S/c1-14-7-8-17(15(2)11-14)27(24,25)22-10-9-21(6)13-16(22)12-20-18(23)26-19(3,4)5/h7-8,11,16H,9-10,12-13H2,1-6H3,(H,20,23). The van der Waals surface area contributed by atoms with Crippen molar-refractivity contribution in [3.63, 3.8) is 0 Å². The molecule has 1 aromatic carbocycles. The Kier molecular flexibility index (Phi) is 6.55. The molecule has 0 aliphatic carbocycles. The Balaban J connectivity index is 2.20. The summed E-state index contributed by atoms with van der Waals surface area (Å²) in [5.41, 5.74) is 1.15. The Morgan fingerprint density at radius 2 is 1.93 bits per heavy atom. The third-order valence-corrected chi connectivity index (χ3v) is 6.54. The van der Waals surface area contributed by atoms with Gasteiger partial charge in [-0.25, -0.2) is 13.2 Å². The van der Waals surface area contributed by atoms with Crippen molar-refractivity contribution in [3.05, 3.63) is 29.3 Å². The molecule has 0 aromatic heterocycles. The van der Waals surface area contributed by atoms with Gasteiger partial charge in [0.25, 0.3) is 0 Å². The maximum Gasteiger partial charge on any atom is 0.407 e. The summed E-state index contributed by atoms with van der Waals surface area (Å²) in [4.78, 5) is 14.4. The Morgan fingerprint density at radius 1 is 1.26 bits per heavy atom. The molecular formula is C19H31N3O4S. The van der Waals surface area contributed by atoms with Gasteiger partial charge in [-0.2, -0.15) is 4.31 Å². The van der Waals surface area contributed by atoms with Crippen molar-refractivity contribution in [2.24, 2.45) is 0 Å². The van der Waals surface area contributed by atoms with Crippen molar-refractivity contribution in [1.82, 2.24) is 14.5 Å². The highest BCUT2D eigenvalue weighted by Gasteiger charge is 2.36. The minimum Gasteiger partial charge on any atom is -0.444 e. The summed E-state index contributed by atoms with van der Waals surface area (Å²) in [5, 5.41) is 2.71. The molecule has 1 heterocycles. The van der Waals surface area contributed by atoms with Crippen LogP contribution in [-0.2, 0) is 14.8 Å². The number of piperazine rings is 1. The first-order chi connectivity index (χ1) is 12.4. The van der Waals surface area contributed by atoms with Crippen LogP contribution in [0.3, 0.4) is 0 Å². The Labute approximate surface area is 162 Å². The van der Waals surface area contributed by atoms with Gasteiger partial charge in [-0.1, -0.05) is 17.7 Å². The van der Waals surface area contributed by atoms with E-state index >= 15 is 0 Å². The molecule has 152 valence electrons. The maximum absolute atomic E-state index is 13.3. The van der Waals surface area contributed by atoms with Crippen LogP contribution in [0, 0.1) is 13.8 Å². The number of carbonyl (C=O) groups excluding carboxylic acids is 1. The van der Waals surface area contributed by atoms with E-state index in [1.807, 2.05) is 33.0 Å². The molecule has 1 amide bonds. The molecule has 1 saturated heterocycles. The van der Waals surface area contributed by atoms with Gasteiger partial charge in [0.15, 0.2) is 0 Å². The van der Waals surface area contributed by atoms with Gasteiger partial charge in [0.05, 0.1) is 10.9 Å². The number of nitrogens with one attached hydrogen (secondary N) is 1. The number of amides is 1. The number of aryl methyl sites for hydroxylation is 2. The van der Waals surface area contributed by atoms with Crippen molar-refractivity contribution >= 4 is 16.1 Å². The lowest BCUT2D eigenvalue weighted by atomic mass is 10.2. The molecule has 1 fully saturated rings. The van der Waals surface area contributed by atoms with Gasteiger partial charge in [-0.15, -0.1) is 0 Å². The van der Waals surface area contributed by atoms with Gasteiger partial charge in [-0.05, 0) is 53.3 Å². The van der Waals surface area contributed by atoms with Gasteiger partial charge in [-0.3, -0.25) is 0 Å². The fraction of sp³-hybridized carbons (Fsp3) is 0.632. The summed E-state index contributed by atoms with van der Waals surface area (Å²) in [7, 11) is -1.70. The second-order valence-corrected chi connectivity index (χ2v) is 10.0. The van der Waals surface area contributed by atoms with Crippen LogP contribution < -0.4 is 5.32 Å². The zero-order valence-corrected chi connectivity index (χ0v) is 17.9. The highest BCUT2D eigenvalue weighted by atomic mass is 32.2. The summed E-state index contributed by atoms with van der Waals surface area (Å²) in [6.45, 7) is 10.9. The number of alkyl carbamates (subject to hydrolysis) is 1. The van der Waals surface area contributed by atoms with E-state index in [1.54, 1.807) is 26.8 Å². The highest BCUT2D eigenvalue weighted by Crippen LogP contribution is 2.24. The normalized spacial score (nSPS) is 19.7. The summed E-state index contributed by atoms with van der Waals surface area (Å²) in [5.74, 6) is 0. The molecule has 1 atom stereocenters. The number of hydrogen-bond donors (Lipinski definition) is 1. The van der Waals surface area contributed by atoms with E-state index in [9.17, 15) is 13.2 Å². The van der Waals surface area contributed by atoms with Crippen molar-refractivity contribution in [2.75, 3.05) is 33.2 Å². The van der Waals surface area contributed by atoms with Gasteiger partial charge < -0.3 is 15.0 Å². The van der Waals surface area contributed by atoms with Gasteiger partial charge in [0.2, 0.25) is 10.0 Å². The minimum absolute atomic E-state index is 0.198. The molecule has 1 aliphatic rings. The zero-order chi connectivity index (χ0) is 20.4. The lowest BCUT2D eigenvalue weighted by Crippen LogP contribution is -2.57. The topological polar surface area (TPSA) is 79.0 Å². The summed E-state index contributed by atoms with van der Waals surface area (Å²) in [6.07, 6.45) is -0.542. The lowest BCUT2D eigenvalue weighted by Gasteiger charge is -2.39. The maximum atomic E-state index is 13.3. The molecule has 1 unspecified atom stereocenters. The van der Waals surface area contributed by atoms with Crippen LogP contribution in [0.2, 0.25) is 0 Å². The molecule has 0 radical (unpaired) electrons. The largest absolute Gasteiger partial charge is 0.444 e. The SMILES string of the molecule is Cc1ccc(S(=O)(=O)N2CCN(C)CC2CNC(=O)OC(C)(C)C)c(C)c1. The summed E-state index contributed by atoms with van der Waals surface area (Å²) < 4.78 is 33.3. The Bertz CT molecular complexity index is 787. The third kappa shape index (κ3) is 5.67. The molecule has 8 heteroatoms. The fourth-order valence-corrected chi connectivity index (χ4v) is 5.02. The van der Waals surface area contributed by atoms with Gasteiger partial charge in [0, 0.05) is 26.2 Å². The highest BCUT2D eigenvalue weighted by molar-refractivity contribution is 7.89. The molecule has 7 nitrogen and oxygen atoms in total. The Morgan fingerprint density at radius 3 is 2.52 bits per heavy atom. The van der Waals surface area contributed by atoms with E-state index in [0.29, 0.717) is 24.5 Å². The first kappa shape index (κ1) is 21.7. The number of benzene rings is 1. The quantitative estimate of drug-likeness (QED) is 0.842. The van der Waals surface area contributed by atoms with Crippen LogP contribution in [0.4, 0.5) is 4.79 Å². The molecule has 0 bridgehead atoms. The first-order valence-electron chi connectivity index (χ1n) is 9.14. The van der Waals surface area contributed by atoms with E-state index in [4.69, 9.17) is 4.74 Å². The average molecular weight is 398 g/mol. The van der Waals surface area contributed by atoms with Crippen molar-refractivity contribution in [1.29, 1.82) is 0 Å². The molecule has 27 heavy (non-hydrogen) atoms. The molecule has 1 aromatic rings. The van der Waals surface area contributed by atoms with E-state index in [1.165, 1.54) is 4.31 Å². The monoisotopic (exact) mass is 397 g/mol. The number of sulfonamides is 1. The third-order valence-electron chi connectivity index (χ3n) is 4.43. The van der Waals surface area contributed by atoms with Crippen molar-refractivity contribution < 1.29 is 17.9 Å². The molecule has 1 N–H and O–H groups in total. The first-order valence-corrected chi connectivity index (χ1v) is 10.6. The van der Waals surface area contributed by atoms with Gasteiger partial charge in [0.1, 0.15) is 5.60 Å². The number of likely N-dealkylation sites (N-methyl/N-ethyl adjacent to an activating group) is 1. The second kappa shape index (κ2) is 8.16. The predicted molar refractivity (Wildman–Crippen MR) is 105 cm³/mol. The predicted octanol–water partition coefficient (Wildman–Crippen LogP) is 2.13. The van der Waals surface area contributed by atoms with Crippen LogP contribution in [0.25, 0.3) is 0 Å². The van der Waals surface area contributed by atoms with E-state index in [2.05, 4.69) is 10.2 Å². The van der Waals surface area contributed by atoms with E-state index in [-0.39, 0.29) is 12.6 Å². The molecule has 2 rings (SSSR count). The number of rotatable bonds is 4. The van der Waals surface area contributed by atoms with Crippen LogP contribution in [0.1, 0.15) is 31.9 Å². The number of carbonyl (C=O) groups is 1. The van der Waals surface area contributed by atoms with E-state index < -0.39 is 21.7 Å². The average Bonchev–Trinajstić information content (AvgIpc) is 2.50. The molecule has 1 aliphatic heterocycles. The number of ether oxygens (including phenoxy) is 1. The molecular weight excluding hydrogens is 366 g/mol. The summed E-state index contributed by atoms with van der Waals surface area (Å²) in [6, 6.07) is 4.99. The van der Waals surface area contributed by atoms with Crippen LogP contribution >= 0.6 is 0 Å². The molecule has 0 spiro atoms. The second-order valence-electron chi connectivity index (χ2n) is 8.18. The van der Waals surface area contributed by atoms with Crippen LogP contribution in [0.5, 0.6) is 0 Å². The summed E-state index contributed by atoms with van der Waals surface area (Å²) >= 11 is 0. The van der Waals surface area contributed by atoms with Crippen LogP contribution in [0.15, 0.2) is 23.1 Å². The lowest BCUT2D eigenvalue weighted by molar-refractivity contribution is 0.0503. The minimum atomic E-state index is -3.65. The zero-order valence-electron chi connectivity index (χ0n) is 17.1. The van der Waals surface area contributed by atoms with Crippen LogP contribution in [-0.4, -0.2) is 68.6 Å². The fourth-order valence-electron chi connectivity index (χ4n) is 3.21. The smallest absolute Gasteiger partial charge is 0.407 e. The molecule has 0 saturated carbocycles. The van der Waals surface area contributed by atoms with Crippen molar-refractivity contribution in [2.45, 2.75) is 51.2 Å². The van der Waals surface area contributed by atoms with Crippen molar-refractivity contribution in [3.8, 4) is 0 Å². The Hall–Kier alpha value is -1.64. The number of nitrogens with zero attached hydrogens (tertiary/aromatic N) is 2. The van der Waals surface area contributed by atoms with E-state index in [0.717, 1.165) is 11.1 Å². The van der Waals surface area contributed by atoms with Gasteiger partial charge >= 0.3 is 6.09 Å².